The van der Waals surface area contributed by atoms with Crippen molar-refractivity contribution in [3.8, 4) is 0 Å². The Balaban J connectivity index is 5.45. The number of rotatable bonds is 22. The highest BCUT2D eigenvalue weighted by Crippen LogP contribution is 2.09. The highest BCUT2D eigenvalue weighted by Gasteiger charge is 2.31. The summed E-state index contributed by atoms with van der Waals surface area (Å²) in [5, 5.41) is 31.1. The molecule has 0 radical (unpaired) electrons. The van der Waals surface area contributed by atoms with Crippen LogP contribution < -0.4 is 38.1 Å². The fourth-order valence-electron chi connectivity index (χ4n) is 3.88. The number of carbonyl (C=O) groups is 7. The van der Waals surface area contributed by atoms with E-state index in [4.69, 9.17) is 11.5 Å². The molecule has 0 aliphatic heterocycles. The van der Waals surface area contributed by atoms with Gasteiger partial charge in [0.1, 0.15) is 24.2 Å². The van der Waals surface area contributed by atoms with Gasteiger partial charge in [-0.3, -0.25) is 28.8 Å². The van der Waals surface area contributed by atoms with E-state index in [0.29, 0.717) is 5.75 Å². The number of primary amides is 1. The molecule has 0 unspecified atom stereocenters. The number of thioether (sulfide) groups is 1. The Bertz CT molecular complexity index is 997. The van der Waals surface area contributed by atoms with E-state index in [1.54, 1.807) is 27.7 Å². The summed E-state index contributed by atoms with van der Waals surface area (Å²) in [5.41, 5.74) is 10.9. The van der Waals surface area contributed by atoms with E-state index >= 15 is 0 Å². The SMILES string of the molecule is CSCC[C@H](NC(=O)[C@@H](N)CCC(N)=O)C(=O)N[C@@H](CC(C)C)C(=O)N[C@@H](CO)C(=O)NCC(=O)N[C@@H](CC(C)C)C(=O)O. The first kappa shape index (κ1) is 40.6. The maximum Gasteiger partial charge on any atom is 0.326 e. The minimum atomic E-state index is -1.48. The first-order chi connectivity index (χ1) is 20.5. The van der Waals surface area contributed by atoms with Crippen molar-refractivity contribution < 1.29 is 43.8 Å². The molecule has 0 bridgehead atoms. The summed E-state index contributed by atoms with van der Waals surface area (Å²) < 4.78 is 0. The molecule has 16 nitrogen and oxygen atoms in total. The number of aliphatic hydroxyl groups excluding tert-OH is 1. The fraction of sp³-hybridized carbons (Fsp3) is 0.741. The summed E-state index contributed by atoms with van der Waals surface area (Å²) in [6, 6.07) is -5.93. The number of nitrogens with two attached hydrogens (primary N) is 2. The van der Waals surface area contributed by atoms with Crippen LogP contribution in [0.25, 0.3) is 0 Å². The van der Waals surface area contributed by atoms with Crippen LogP contribution in [0, 0.1) is 11.8 Å². The van der Waals surface area contributed by atoms with Gasteiger partial charge >= 0.3 is 5.97 Å². The number of hydrogen-bond acceptors (Lipinski definition) is 10. The molecule has 0 aliphatic rings. The van der Waals surface area contributed by atoms with Crippen LogP contribution in [0.4, 0.5) is 0 Å². The third-order valence-corrected chi connectivity index (χ3v) is 6.85. The van der Waals surface area contributed by atoms with Crippen molar-refractivity contribution in [1.29, 1.82) is 0 Å². The lowest BCUT2D eigenvalue weighted by Gasteiger charge is -2.26. The standard InChI is InChI=1S/C27H49N7O9S/c1-14(2)10-18(33-25(40)17(8-9-44-5)32-23(38)16(28)6-7-21(29)36)26(41)34-20(13-35)24(39)30-12-22(37)31-19(27(42)43)11-15(3)4/h14-20,35H,6-13,28H2,1-5H3,(H2,29,36)(H,30,39)(H,31,37)(H,32,38)(H,33,40)(H,34,41)(H,42,43)/t16-,17-,18-,19-,20-/m0/s1. The third-order valence-electron chi connectivity index (χ3n) is 6.20. The Morgan fingerprint density at radius 3 is 1.75 bits per heavy atom. The molecule has 0 aliphatic carbocycles. The highest BCUT2D eigenvalue weighted by atomic mass is 32.2. The van der Waals surface area contributed by atoms with Gasteiger partial charge in [-0.2, -0.15) is 11.8 Å². The van der Waals surface area contributed by atoms with Gasteiger partial charge in [0, 0.05) is 6.42 Å². The Kier molecular flexibility index (Phi) is 19.6. The molecule has 0 aromatic rings. The molecule has 252 valence electrons. The first-order valence-corrected chi connectivity index (χ1v) is 15.8. The van der Waals surface area contributed by atoms with Crippen molar-refractivity contribution in [1.82, 2.24) is 26.6 Å². The molecule has 0 aromatic carbocycles. The van der Waals surface area contributed by atoms with E-state index in [2.05, 4.69) is 26.6 Å². The van der Waals surface area contributed by atoms with Gasteiger partial charge in [0.25, 0.3) is 0 Å². The minimum absolute atomic E-state index is 0.0119. The van der Waals surface area contributed by atoms with Gasteiger partial charge in [0.15, 0.2) is 0 Å². The van der Waals surface area contributed by atoms with Gasteiger partial charge in [0.05, 0.1) is 19.2 Å². The van der Waals surface area contributed by atoms with Gasteiger partial charge < -0.3 is 48.3 Å². The van der Waals surface area contributed by atoms with E-state index in [0.717, 1.165) is 0 Å². The quantitative estimate of drug-likeness (QED) is 0.0595. The second kappa shape index (κ2) is 21.3. The highest BCUT2D eigenvalue weighted by molar-refractivity contribution is 7.98. The van der Waals surface area contributed by atoms with Crippen LogP contribution in [0.2, 0.25) is 0 Å². The number of carboxylic acid groups (broad SMARTS) is 1. The molecule has 0 aromatic heterocycles. The van der Waals surface area contributed by atoms with Gasteiger partial charge in [-0.25, -0.2) is 4.79 Å². The average Bonchev–Trinajstić information content (AvgIpc) is 2.93. The van der Waals surface area contributed by atoms with Gasteiger partial charge in [0.2, 0.25) is 35.4 Å². The Morgan fingerprint density at radius 1 is 0.727 bits per heavy atom. The van der Waals surface area contributed by atoms with Crippen molar-refractivity contribution >= 4 is 53.2 Å². The molecule has 0 saturated heterocycles. The van der Waals surface area contributed by atoms with Gasteiger partial charge in [-0.05, 0) is 49.5 Å². The molecule has 0 rings (SSSR count). The van der Waals surface area contributed by atoms with E-state index in [-0.39, 0.29) is 43.9 Å². The molecule has 0 saturated carbocycles. The number of carbonyl (C=O) groups excluding carboxylic acids is 6. The van der Waals surface area contributed by atoms with Crippen LogP contribution in [-0.2, 0) is 33.6 Å². The van der Waals surface area contributed by atoms with Crippen LogP contribution in [0.1, 0.15) is 59.8 Å². The summed E-state index contributed by atoms with van der Waals surface area (Å²) in [5.74, 6) is -5.28. The summed E-state index contributed by atoms with van der Waals surface area (Å²) >= 11 is 1.43. The Morgan fingerprint density at radius 2 is 1.25 bits per heavy atom. The first-order valence-electron chi connectivity index (χ1n) is 14.4. The lowest BCUT2D eigenvalue weighted by Crippen LogP contribution is -2.59. The molecule has 11 N–H and O–H groups in total. The molecule has 6 amide bonds. The molecule has 0 heterocycles. The van der Waals surface area contributed by atoms with E-state index in [1.807, 2.05) is 6.26 Å². The lowest BCUT2D eigenvalue weighted by atomic mass is 10.0. The van der Waals surface area contributed by atoms with E-state index < -0.39 is 84.8 Å². The molecule has 0 fully saturated rings. The van der Waals surface area contributed by atoms with Crippen molar-refractivity contribution in [2.45, 2.75) is 90.0 Å². The zero-order valence-electron chi connectivity index (χ0n) is 26.0. The number of hydrogen-bond donors (Lipinski definition) is 9. The summed E-state index contributed by atoms with van der Waals surface area (Å²) in [4.78, 5) is 86.1. The van der Waals surface area contributed by atoms with Crippen molar-refractivity contribution in [3.05, 3.63) is 0 Å². The Labute approximate surface area is 261 Å². The normalized spacial score (nSPS) is 14.5. The molecular formula is C27H49N7O9S. The molecular weight excluding hydrogens is 598 g/mol. The van der Waals surface area contributed by atoms with E-state index in [1.165, 1.54) is 11.8 Å². The smallest absolute Gasteiger partial charge is 0.326 e. The van der Waals surface area contributed by atoms with E-state index in [9.17, 15) is 43.8 Å². The predicted molar refractivity (Wildman–Crippen MR) is 164 cm³/mol. The number of aliphatic hydroxyl groups is 1. The van der Waals surface area contributed by atoms with Gasteiger partial charge in [-0.15, -0.1) is 0 Å². The predicted octanol–water partition coefficient (Wildman–Crippen LogP) is -2.44. The van der Waals surface area contributed by atoms with Crippen molar-refractivity contribution in [2.24, 2.45) is 23.3 Å². The van der Waals surface area contributed by atoms with Crippen LogP contribution in [0.5, 0.6) is 0 Å². The fourth-order valence-corrected chi connectivity index (χ4v) is 4.35. The zero-order chi connectivity index (χ0) is 34.0. The summed E-state index contributed by atoms with van der Waals surface area (Å²) in [6.45, 7) is 5.75. The molecule has 0 spiro atoms. The maximum absolute atomic E-state index is 13.2. The number of aliphatic carboxylic acids is 1. The zero-order valence-corrected chi connectivity index (χ0v) is 26.8. The number of carboxylic acids is 1. The summed E-state index contributed by atoms with van der Waals surface area (Å²) in [6.07, 6.45) is 2.22. The minimum Gasteiger partial charge on any atom is -0.480 e. The number of nitrogens with one attached hydrogen (secondary N) is 5. The van der Waals surface area contributed by atoms with Crippen LogP contribution in [-0.4, -0.2) is 107 Å². The lowest BCUT2D eigenvalue weighted by molar-refractivity contribution is -0.142. The van der Waals surface area contributed by atoms with Crippen molar-refractivity contribution in [2.75, 3.05) is 25.2 Å². The largest absolute Gasteiger partial charge is 0.480 e. The monoisotopic (exact) mass is 647 g/mol. The molecule has 17 heteroatoms. The van der Waals surface area contributed by atoms with Gasteiger partial charge in [-0.1, -0.05) is 27.7 Å². The van der Waals surface area contributed by atoms with Crippen LogP contribution in [0.3, 0.4) is 0 Å². The molecule has 44 heavy (non-hydrogen) atoms. The maximum atomic E-state index is 13.2. The Hall–Kier alpha value is -3.44. The second-order valence-electron chi connectivity index (χ2n) is 11.2. The van der Waals surface area contributed by atoms with Crippen molar-refractivity contribution in [3.63, 3.8) is 0 Å². The third kappa shape index (κ3) is 17.0. The summed E-state index contributed by atoms with van der Waals surface area (Å²) in [7, 11) is 0. The molecule has 5 atom stereocenters. The van der Waals surface area contributed by atoms with Crippen LogP contribution >= 0.6 is 11.8 Å². The van der Waals surface area contributed by atoms with Crippen LogP contribution in [0.15, 0.2) is 0 Å². The topological polar surface area (TPSA) is 272 Å². The second-order valence-corrected chi connectivity index (χ2v) is 12.2. The number of amides is 6. The average molecular weight is 648 g/mol.